The van der Waals surface area contributed by atoms with Gasteiger partial charge in [0.2, 0.25) is 0 Å². The molecule has 0 fully saturated rings. The van der Waals surface area contributed by atoms with Crippen LogP contribution < -0.4 is 10.1 Å². The summed E-state index contributed by atoms with van der Waals surface area (Å²) in [6.45, 7) is -0.655. The van der Waals surface area contributed by atoms with Crippen LogP contribution in [0, 0.1) is 11.6 Å². The molecule has 0 aliphatic carbocycles. The molecule has 126 valence electrons. The lowest BCUT2D eigenvalue weighted by molar-refractivity contribution is -0.119. The second kappa shape index (κ2) is 7.74. The zero-order valence-corrected chi connectivity index (χ0v) is 13.2. The van der Waals surface area contributed by atoms with Crippen molar-refractivity contribution >= 4 is 29.2 Å². The van der Waals surface area contributed by atoms with Crippen LogP contribution in [0.2, 0.25) is 5.02 Å². The van der Waals surface area contributed by atoms with Crippen LogP contribution in [0.1, 0.15) is 10.4 Å². The van der Waals surface area contributed by atoms with Crippen LogP contribution in [0.15, 0.2) is 36.4 Å². The fourth-order valence-electron chi connectivity index (χ4n) is 1.77. The summed E-state index contributed by atoms with van der Waals surface area (Å²) in [4.78, 5) is 23.5. The third-order valence-electron chi connectivity index (χ3n) is 2.94. The summed E-state index contributed by atoms with van der Waals surface area (Å²) in [5, 5.41) is 2.34. The topological polar surface area (TPSA) is 64.6 Å². The zero-order chi connectivity index (χ0) is 17.7. The molecule has 8 heteroatoms. The third kappa shape index (κ3) is 4.42. The van der Waals surface area contributed by atoms with Crippen LogP contribution in [0.4, 0.5) is 14.5 Å². The molecule has 0 atom stereocenters. The number of carbonyl (C=O) groups excluding carboxylic acids is 2. The van der Waals surface area contributed by atoms with Crippen LogP contribution >= 0.6 is 11.6 Å². The van der Waals surface area contributed by atoms with Crippen molar-refractivity contribution in [3.05, 3.63) is 58.6 Å². The molecule has 0 aliphatic rings. The molecule has 2 aromatic carbocycles. The molecule has 0 radical (unpaired) electrons. The molecule has 2 rings (SSSR count). The molecule has 0 spiro atoms. The summed E-state index contributed by atoms with van der Waals surface area (Å²) in [6, 6.07) is 6.99. The highest BCUT2D eigenvalue weighted by Gasteiger charge is 2.16. The average molecular weight is 356 g/mol. The first-order valence-corrected chi connectivity index (χ1v) is 7.04. The highest BCUT2D eigenvalue weighted by Crippen LogP contribution is 2.22. The Hall–Kier alpha value is -2.67. The third-order valence-corrected chi connectivity index (χ3v) is 3.25. The van der Waals surface area contributed by atoms with Crippen LogP contribution in [0.25, 0.3) is 0 Å². The van der Waals surface area contributed by atoms with E-state index in [9.17, 15) is 18.4 Å². The maximum atomic E-state index is 13.7. The summed E-state index contributed by atoms with van der Waals surface area (Å²) < 4.78 is 36.2. The van der Waals surface area contributed by atoms with Crippen molar-refractivity contribution < 1.29 is 27.8 Å². The molecular weight excluding hydrogens is 344 g/mol. The Labute approximate surface area is 141 Å². The first kappa shape index (κ1) is 17.7. The number of methoxy groups -OCH3 is 1. The van der Waals surface area contributed by atoms with Gasteiger partial charge in [-0.25, -0.2) is 13.6 Å². The molecule has 0 saturated heterocycles. The smallest absolute Gasteiger partial charge is 0.341 e. The number of ether oxygens (including phenoxy) is 2. The SMILES string of the molecule is COc1ccc(C(=O)OCC(=O)Nc2ccc(F)cc2Cl)c(F)c1. The number of halogens is 3. The fraction of sp³-hybridized carbons (Fsp3) is 0.125. The Bertz CT molecular complexity index is 783. The highest BCUT2D eigenvalue weighted by atomic mass is 35.5. The van der Waals surface area contributed by atoms with Crippen molar-refractivity contribution in [1.29, 1.82) is 0 Å². The monoisotopic (exact) mass is 355 g/mol. The summed E-state index contributed by atoms with van der Waals surface area (Å²) in [5.41, 5.74) is -0.168. The molecule has 1 N–H and O–H groups in total. The molecule has 0 saturated carbocycles. The Kier molecular flexibility index (Phi) is 5.70. The minimum absolute atomic E-state index is 0.00382. The Morgan fingerprint density at radius 2 is 1.92 bits per heavy atom. The van der Waals surface area contributed by atoms with Crippen LogP contribution in [0.5, 0.6) is 5.75 Å². The second-order valence-electron chi connectivity index (χ2n) is 4.59. The molecule has 24 heavy (non-hydrogen) atoms. The van der Waals surface area contributed by atoms with Gasteiger partial charge in [0, 0.05) is 6.07 Å². The van der Waals surface area contributed by atoms with Crippen molar-refractivity contribution in [2.75, 3.05) is 19.0 Å². The summed E-state index contributed by atoms with van der Waals surface area (Å²) in [7, 11) is 1.36. The van der Waals surface area contributed by atoms with Gasteiger partial charge in [0.1, 0.15) is 17.4 Å². The number of hydrogen-bond acceptors (Lipinski definition) is 4. The highest BCUT2D eigenvalue weighted by molar-refractivity contribution is 6.33. The Morgan fingerprint density at radius 1 is 1.17 bits per heavy atom. The van der Waals surface area contributed by atoms with E-state index in [4.69, 9.17) is 21.1 Å². The second-order valence-corrected chi connectivity index (χ2v) is 5.00. The van der Waals surface area contributed by atoms with Gasteiger partial charge in [-0.05, 0) is 30.3 Å². The van der Waals surface area contributed by atoms with Crippen molar-refractivity contribution in [3.63, 3.8) is 0 Å². The standard InChI is InChI=1S/C16H12ClF2NO4/c1-23-10-3-4-11(13(19)7-10)16(22)24-8-15(21)20-14-5-2-9(18)6-12(14)17/h2-7H,8H2,1H3,(H,20,21). The first-order chi connectivity index (χ1) is 11.4. The van der Waals surface area contributed by atoms with E-state index < -0.39 is 30.1 Å². The molecule has 0 unspecified atom stereocenters. The van der Waals surface area contributed by atoms with Gasteiger partial charge in [-0.3, -0.25) is 4.79 Å². The largest absolute Gasteiger partial charge is 0.497 e. The maximum absolute atomic E-state index is 13.7. The first-order valence-electron chi connectivity index (χ1n) is 6.66. The van der Waals surface area contributed by atoms with E-state index in [2.05, 4.69) is 5.32 Å². The number of carbonyl (C=O) groups is 2. The van der Waals surface area contributed by atoms with E-state index >= 15 is 0 Å². The molecule has 0 bridgehead atoms. The molecule has 1 amide bonds. The normalized spacial score (nSPS) is 10.2. The lowest BCUT2D eigenvalue weighted by Gasteiger charge is -2.09. The van der Waals surface area contributed by atoms with Gasteiger partial charge < -0.3 is 14.8 Å². The lowest BCUT2D eigenvalue weighted by atomic mass is 10.2. The number of nitrogens with one attached hydrogen (secondary N) is 1. The van der Waals surface area contributed by atoms with Gasteiger partial charge in [-0.1, -0.05) is 11.6 Å². The Morgan fingerprint density at radius 3 is 2.54 bits per heavy atom. The zero-order valence-electron chi connectivity index (χ0n) is 12.4. The fourth-order valence-corrected chi connectivity index (χ4v) is 1.99. The van der Waals surface area contributed by atoms with Crippen molar-refractivity contribution in [2.45, 2.75) is 0 Å². The van der Waals surface area contributed by atoms with E-state index in [0.717, 1.165) is 18.2 Å². The molecule has 0 aliphatic heterocycles. The van der Waals surface area contributed by atoms with E-state index in [0.29, 0.717) is 0 Å². The number of rotatable bonds is 5. The molecule has 2 aromatic rings. The molecule has 5 nitrogen and oxygen atoms in total. The number of benzene rings is 2. The van der Waals surface area contributed by atoms with Crippen LogP contribution in [0.3, 0.4) is 0 Å². The average Bonchev–Trinajstić information content (AvgIpc) is 2.55. The number of esters is 1. The number of amides is 1. The van der Waals surface area contributed by atoms with Gasteiger partial charge in [0.05, 0.1) is 23.4 Å². The van der Waals surface area contributed by atoms with Gasteiger partial charge >= 0.3 is 5.97 Å². The molecule has 0 aromatic heterocycles. The minimum atomic E-state index is -1.00. The van der Waals surface area contributed by atoms with E-state index in [1.165, 1.54) is 25.3 Å². The van der Waals surface area contributed by atoms with Crippen molar-refractivity contribution in [1.82, 2.24) is 0 Å². The lowest BCUT2D eigenvalue weighted by Crippen LogP contribution is -2.21. The van der Waals surface area contributed by atoms with E-state index in [-0.39, 0.29) is 22.0 Å². The quantitative estimate of drug-likeness (QED) is 0.835. The van der Waals surface area contributed by atoms with Gasteiger partial charge in [0.25, 0.3) is 5.91 Å². The Balaban J connectivity index is 1.95. The van der Waals surface area contributed by atoms with Crippen molar-refractivity contribution in [2.24, 2.45) is 0 Å². The molecular formula is C16H12ClF2NO4. The maximum Gasteiger partial charge on any atom is 0.341 e. The summed E-state index contributed by atoms with van der Waals surface area (Å²) in [6.07, 6.45) is 0. The number of hydrogen-bond donors (Lipinski definition) is 1. The van der Waals surface area contributed by atoms with Crippen LogP contribution in [-0.4, -0.2) is 25.6 Å². The summed E-state index contributed by atoms with van der Waals surface area (Å²) >= 11 is 5.76. The van der Waals surface area contributed by atoms with Crippen molar-refractivity contribution in [3.8, 4) is 5.75 Å². The molecule has 0 heterocycles. The van der Waals surface area contributed by atoms with Crippen LogP contribution in [-0.2, 0) is 9.53 Å². The number of anilines is 1. The van der Waals surface area contributed by atoms with Gasteiger partial charge in [-0.15, -0.1) is 0 Å². The predicted octanol–water partition coefficient (Wildman–Crippen LogP) is 3.42. The minimum Gasteiger partial charge on any atom is -0.497 e. The van der Waals surface area contributed by atoms with Gasteiger partial charge in [-0.2, -0.15) is 0 Å². The van der Waals surface area contributed by atoms with E-state index in [1.54, 1.807) is 0 Å². The summed E-state index contributed by atoms with van der Waals surface area (Å²) in [5.74, 6) is -2.85. The predicted molar refractivity (Wildman–Crippen MR) is 83.3 cm³/mol. The van der Waals surface area contributed by atoms with E-state index in [1.807, 2.05) is 0 Å². The van der Waals surface area contributed by atoms with Gasteiger partial charge in [0.15, 0.2) is 6.61 Å².